The Morgan fingerprint density at radius 3 is 2.16 bits per heavy atom. The van der Waals surface area contributed by atoms with Gasteiger partial charge in [0.15, 0.2) is 0 Å². The van der Waals surface area contributed by atoms with Crippen molar-refractivity contribution in [2.45, 2.75) is 26.8 Å². The lowest BCUT2D eigenvalue weighted by Crippen LogP contribution is -2.51. The Morgan fingerprint density at radius 2 is 1.74 bits per heavy atom. The number of carbonyl (C=O) groups excluding carboxylic acids is 3. The Labute approximate surface area is 117 Å². The summed E-state index contributed by atoms with van der Waals surface area (Å²) in [5.74, 6) is -1.99. The van der Waals surface area contributed by atoms with Crippen LogP contribution in [0, 0.1) is 0 Å². The molecule has 108 valence electrons. The van der Waals surface area contributed by atoms with Crippen LogP contribution in [0.4, 0.5) is 0 Å². The third-order valence-corrected chi connectivity index (χ3v) is 2.57. The van der Waals surface area contributed by atoms with Crippen LogP contribution in [0.1, 0.15) is 20.8 Å². The highest BCUT2D eigenvalue weighted by Crippen LogP contribution is 1.94. The second-order valence-electron chi connectivity index (χ2n) is 3.85. The summed E-state index contributed by atoms with van der Waals surface area (Å²) in [5, 5.41) is 4.57. The summed E-state index contributed by atoms with van der Waals surface area (Å²) in [7, 11) is 0. The van der Waals surface area contributed by atoms with Crippen molar-refractivity contribution in [1.82, 2.24) is 15.5 Å². The molecule has 0 radical (unpaired) electrons. The number of nitrogens with zero attached hydrogens (tertiary/aromatic N) is 1. The van der Waals surface area contributed by atoms with Crippen LogP contribution in [0.2, 0.25) is 0 Å². The lowest BCUT2D eigenvalue weighted by Gasteiger charge is -2.23. The molecule has 3 amide bonds. The normalized spacial score (nSPS) is 11.3. The van der Waals surface area contributed by atoms with Gasteiger partial charge in [0.05, 0.1) is 11.5 Å². The monoisotopic (exact) mass is 288 g/mol. The Balaban J connectivity index is 4.35. The van der Waals surface area contributed by atoms with E-state index in [2.05, 4.69) is 22.9 Å². The summed E-state index contributed by atoms with van der Waals surface area (Å²) in [6, 6.07) is -0.761. The number of likely N-dealkylation sites (N-methyl/N-ethyl adjacent to an activating group) is 1. The van der Waals surface area contributed by atoms with Crippen molar-refractivity contribution in [2.75, 3.05) is 19.6 Å². The molecule has 0 aromatic rings. The SMILES string of the molecule is CCN(CC)C(=O)C(C)NC(=O)C(=O)NCC(N)=S. The molecule has 0 aliphatic carbocycles. The molecule has 19 heavy (non-hydrogen) atoms. The molecular weight excluding hydrogens is 268 g/mol. The first-order valence-corrected chi connectivity index (χ1v) is 6.40. The smallest absolute Gasteiger partial charge is 0.309 e. The van der Waals surface area contributed by atoms with Crippen molar-refractivity contribution in [3.63, 3.8) is 0 Å². The molecule has 1 unspecified atom stereocenters. The standard InChI is InChI=1S/C11H20N4O3S/c1-4-15(5-2)11(18)7(3)14-10(17)9(16)13-6-8(12)19/h7H,4-6H2,1-3H3,(H2,12,19)(H,13,16)(H,14,17). The Bertz CT molecular complexity index is 369. The molecule has 0 aliphatic heterocycles. The van der Waals surface area contributed by atoms with Gasteiger partial charge in [0.25, 0.3) is 0 Å². The van der Waals surface area contributed by atoms with Gasteiger partial charge in [0.2, 0.25) is 5.91 Å². The number of nitrogens with two attached hydrogens (primary N) is 1. The highest BCUT2D eigenvalue weighted by atomic mass is 32.1. The van der Waals surface area contributed by atoms with Crippen molar-refractivity contribution >= 4 is 34.9 Å². The van der Waals surface area contributed by atoms with Crippen molar-refractivity contribution in [3.05, 3.63) is 0 Å². The fourth-order valence-electron chi connectivity index (χ4n) is 1.38. The molecule has 0 fully saturated rings. The Kier molecular flexibility index (Phi) is 7.66. The van der Waals surface area contributed by atoms with Crippen LogP contribution in [0.15, 0.2) is 0 Å². The molecule has 0 rings (SSSR count). The topological polar surface area (TPSA) is 105 Å². The van der Waals surface area contributed by atoms with Crippen molar-refractivity contribution in [3.8, 4) is 0 Å². The molecule has 0 bridgehead atoms. The fraction of sp³-hybridized carbons (Fsp3) is 0.636. The Hall–Kier alpha value is -1.70. The highest BCUT2D eigenvalue weighted by Gasteiger charge is 2.22. The molecule has 0 aliphatic rings. The number of hydrogen-bond acceptors (Lipinski definition) is 4. The van der Waals surface area contributed by atoms with E-state index < -0.39 is 17.9 Å². The number of amides is 3. The van der Waals surface area contributed by atoms with E-state index in [1.165, 1.54) is 6.92 Å². The number of nitrogens with one attached hydrogen (secondary N) is 2. The average molecular weight is 288 g/mol. The first-order valence-electron chi connectivity index (χ1n) is 5.99. The van der Waals surface area contributed by atoms with E-state index in [4.69, 9.17) is 5.73 Å². The zero-order valence-electron chi connectivity index (χ0n) is 11.4. The van der Waals surface area contributed by atoms with E-state index in [9.17, 15) is 14.4 Å². The summed E-state index contributed by atoms with van der Waals surface area (Å²) >= 11 is 4.57. The van der Waals surface area contributed by atoms with Gasteiger partial charge in [-0.05, 0) is 20.8 Å². The maximum absolute atomic E-state index is 11.9. The molecule has 1 atom stereocenters. The van der Waals surface area contributed by atoms with E-state index in [-0.39, 0.29) is 17.4 Å². The van der Waals surface area contributed by atoms with Gasteiger partial charge in [0, 0.05) is 13.1 Å². The predicted molar refractivity (Wildman–Crippen MR) is 75.3 cm³/mol. The minimum atomic E-state index is -0.885. The molecule has 0 aromatic carbocycles. The maximum atomic E-state index is 11.9. The minimum absolute atomic E-state index is 0.0556. The van der Waals surface area contributed by atoms with Crippen LogP contribution in [0.5, 0.6) is 0 Å². The second kappa shape index (κ2) is 8.41. The summed E-state index contributed by atoms with van der Waals surface area (Å²) < 4.78 is 0. The van der Waals surface area contributed by atoms with Gasteiger partial charge in [-0.1, -0.05) is 12.2 Å². The van der Waals surface area contributed by atoms with Crippen molar-refractivity contribution in [2.24, 2.45) is 5.73 Å². The predicted octanol–water partition coefficient (Wildman–Crippen LogP) is -1.24. The van der Waals surface area contributed by atoms with Crippen LogP contribution < -0.4 is 16.4 Å². The number of thiocarbonyl (C=S) groups is 1. The zero-order chi connectivity index (χ0) is 15.0. The highest BCUT2D eigenvalue weighted by molar-refractivity contribution is 7.80. The molecule has 0 saturated carbocycles. The van der Waals surface area contributed by atoms with Crippen molar-refractivity contribution < 1.29 is 14.4 Å². The van der Waals surface area contributed by atoms with Gasteiger partial charge in [-0.25, -0.2) is 0 Å². The van der Waals surface area contributed by atoms with E-state index >= 15 is 0 Å². The minimum Gasteiger partial charge on any atom is -0.392 e. The number of carbonyl (C=O) groups is 3. The van der Waals surface area contributed by atoms with Gasteiger partial charge in [-0.3, -0.25) is 14.4 Å². The van der Waals surface area contributed by atoms with E-state index in [1.54, 1.807) is 4.90 Å². The summed E-state index contributed by atoms with van der Waals surface area (Å²) in [6.45, 7) is 6.24. The van der Waals surface area contributed by atoms with Gasteiger partial charge < -0.3 is 21.3 Å². The first-order chi connectivity index (χ1) is 8.83. The van der Waals surface area contributed by atoms with Crippen LogP contribution in [0.3, 0.4) is 0 Å². The molecule has 0 heterocycles. The van der Waals surface area contributed by atoms with Crippen LogP contribution in [-0.2, 0) is 14.4 Å². The van der Waals surface area contributed by atoms with Crippen LogP contribution in [-0.4, -0.2) is 53.3 Å². The maximum Gasteiger partial charge on any atom is 0.309 e. The lowest BCUT2D eigenvalue weighted by atomic mass is 10.2. The van der Waals surface area contributed by atoms with Crippen LogP contribution in [0.25, 0.3) is 0 Å². The third kappa shape index (κ3) is 6.14. The largest absolute Gasteiger partial charge is 0.392 e. The van der Waals surface area contributed by atoms with Gasteiger partial charge in [0.1, 0.15) is 6.04 Å². The second-order valence-corrected chi connectivity index (χ2v) is 4.38. The molecule has 0 spiro atoms. The molecule has 0 saturated heterocycles. The number of rotatable bonds is 6. The quantitative estimate of drug-likeness (QED) is 0.419. The summed E-state index contributed by atoms with van der Waals surface area (Å²) in [4.78, 5) is 36.4. The molecule has 7 nitrogen and oxygen atoms in total. The lowest BCUT2D eigenvalue weighted by molar-refractivity contribution is -0.141. The first kappa shape index (κ1) is 17.3. The van der Waals surface area contributed by atoms with Crippen molar-refractivity contribution in [1.29, 1.82) is 0 Å². The van der Waals surface area contributed by atoms with Gasteiger partial charge >= 0.3 is 11.8 Å². The summed E-state index contributed by atoms with van der Waals surface area (Å²) in [6.07, 6.45) is 0. The number of hydrogen-bond donors (Lipinski definition) is 3. The van der Waals surface area contributed by atoms with Gasteiger partial charge in [-0.2, -0.15) is 0 Å². The van der Waals surface area contributed by atoms with Gasteiger partial charge in [-0.15, -0.1) is 0 Å². The average Bonchev–Trinajstić information content (AvgIpc) is 2.36. The molecular formula is C11H20N4O3S. The fourth-order valence-corrected chi connectivity index (χ4v) is 1.45. The molecule has 0 aromatic heterocycles. The third-order valence-electron chi connectivity index (χ3n) is 2.42. The summed E-state index contributed by atoms with van der Waals surface area (Å²) in [5.41, 5.74) is 5.19. The molecule has 4 N–H and O–H groups in total. The molecule has 8 heteroatoms. The van der Waals surface area contributed by atoms with E-state index in [0.717, 1.165) is 0 Å². The zero-order valence-corrected chi connectivity index (χ0v) is 12.2. The van der Waals surface area contributed by atoms with E-state index in [1.807, 2.05) is 13.8 Å². The Morgan fingerprint density at radius 1 is 1.21 bits per heavy atom. The van der Waals surface area contributed by atoms with Crippen LogP contribution >= 0.6 is 12.2 Å². The van der Waals surface area contributed by atoms with E-state index in [0.29, 0.717) is 13.1 Å².